The van der Waals surface area contributed by atoms with Crippen LogP contribution in [0.5, 0.6) is 5.75 Å². The van der Waals surface area contributed by atoms with Crippen LogP contribution in [0.1, 0.15) is 30.5 Å². The summed E-state index contributed by atoms with van der Waals surface area (Å²) in [5.74, 6) is 2.21. The molecule has 6 nitrogen and oxygen atoms in total. The highest BCUT2D eigenvalue weighted by Crippen LogP contribution is 2.15. The van der Waals surface area contributed by atoms with Crippen molar-refractivity contribution in [3.8, 4) is 5.75 Å². The molecule has 0 aliphatic carbocycles. The molecule has 1 heterocycles. The average molecular weight is 425 g/mol. The van der Waals surface area contributed by atoms with Crippen molar-refractivity contribution in [1.29, 1.82) is 0 Å². The van der Waals surface area contributed by atoms with Crippen LogP contribution < -0.4 is 15.4 Å². The van der Waals surface area contributed by atoms with Gasteiger partial charge in [-0.3, -0.25) is 9.89 Å². The first-order valence-electron chi connectivity index (χ1n) is 11.2. The van der Waals surface area contributed by atoms with E-state index in [4.69, 9.17) is 9.47 Å². The van der Waals surface area contributed by atoms with Gasteiger partial charge in [-0.15, -0.1) is 0 Å². The van der Waals surface area contributed by atoms with Crippen LogP contribution in [0.4, 0.5) is 0 Å². The summed E-state index contributed by atoms with van der Waals surface area (Å²) in [7, 11) is 1.80. The van der Waals surface area contributed by atoms with E-state index in [1.54, 1.807) is 7.05 Å². The Morgan fingerprint density at radius 3 is 2.52 bits per heavy atom. The molecule has 2 aromatic carbocycles. The molecule has 0 aromatic heterocycles. The summed E-state index contributed by atoms with van der Waals surface area (Å²) in [5.41, 5.74) is 3.81. The van der Waals surface area contributed by atoms with Gasteiger partial charge in [0.05, 0.1) is 19.8 Å². The fourth-order valence-electron chi connectivity index (χ4n) is 3.48. The zero-order chi connectivity index (χ0) is 21.9. The molecule has 0 unspecified atom stereocenters. The molecule has 0 bridgehead atoms. The summed E-state index contributed by atoms with van der Waals surface area (Å²) in [5, 5.41) is 6.86. The van der Waals surface area contributed by atoms with E-state index in [0.29, 0.717) is 12.5 Å². The van der Waals surface area contributed by atoms with Crippen LogP contribution in [0.15, 0.2) is 53.5 Å². The molecule has 6 heteroatoms. The second-order valence-corrected chi connectivity index (χ2v) is 8.29. The topological polar surface area (TPSA) is 58.1 Å². The maximum Gasteiger partial charge on any atom is 0.191 e. The predicted octanol–water partition coefficient (Wildman–Crippen LogP) is 3.42. The Morgan fingerprint density at radius 2 is 1.77 bits per heavy atom. The van der Waals surface area contributed by atoms with Crippen molar-refractivity contribution in [3.63, 3.8) is 0 Å². The standard InChI is InChI=1S/C25H36N4O2/c1-20(2)19-31-24-10-6-7-21(15-24)16-27-25(26-3)28-17-22-8-4-5-9-23(22)18-29-11-13-30-14-12-29/h4-10,15,20H,11-14,16-19H2,1-3H3,(H2,26,27,28). The number of benzene rings is 2. The van der Waals surface area contributed by atoms with Crippen LogP contribution in [0, 0.1) is 5.92 Å². The van der Waals surface area contributed by atoms with E-state index in [1.807, 2.05) is 12.1 Å². The highest BCUT2D eigenvalue weighted by Gasteiger charge is 2.13. The first-order valence-corrected chi connectivity index (χ1v) is 11.2. The summed E-state index contributed by atoms with van der Waals surface area (Å²) in [6, 6.07) is 16.8. The minimum atomic E-state index is 0.510. The number of ether oxygens (including phenoxy) is 2. The maximum atomic E-state index is 5.84. The maximum absolute atomic E-state index is 5.84. The summed E-state index contributed by atoms with van der Waals surface area (Å²) >= 11 is 0. The van der Waals surface area contributed by atoms with Crippen molar-refractivity contribution >= 4 is 5.96 Å². The van der Waals surface area contributed by atoms with Crippen LogP contribution in [0.2, 0.25) is 0 Å². The fourth-order valence-corrected chi connectivity index (χ4v) is 3.48. The number of guanidine groups is 1. The normalized spacial score (nSPS) is 15.2. The Morgan fingerprint density at radius 1 is 1.03 bits per heavy atom. The van der Waals surface area contributed by atoms with E-state index in [2.05, 4.69) is 70.8 Å². The Bertz CT molecular complexity index is 832. The lowest BCUT2D eigenvalue weighted by molar-refractivity contribution is 0.0341. The lowest BCUT2D eigenvalue weighted by atomic mass is 10.1. The quantitative estimate of drug-likeness (QED) is 0.477. The second-order valence-electron chi connectivity index (χ2n) is 8.29. The smallest absolute Gasteiger partial charge is 0.191 e. The van der Waals surface area contributed by atoms with Crippen LogP contribution >= 0.6 is 0 Å². The van der Waals surface area contributed by atoms with E-state index in [-0.39, 0.29) is 0 Å². The molecule has 2 aromatic rings. The fraction of sp³-hybridized carbons (Fsp3) is 0.480. The van der Waals surface area contributed by atoms with Gasteiger partial charge in [0.25, 0.3) is 0 Å². The van der Waals surface area contributed by atoms with E-state index < -0.39 is 0 Å². The Labute approximate surface area is 186 Å². The number of rotatable bonds is 9. The monoisotopic (exact) mass is 424 g/mol. The zero-order valence-electron chi connectivity index (χ0n) is 19.1. The van der Waals surface area contributed by atoms with Crippen LogP contribution in [-0.2, 0) is 24.4 Å². The van der Waals surface area contributed by atoms with Gasteiger partial charge in [0.1, 0.15) is 5.75 Å². The molecular formula is C25H36N4O2. The first-order chi connectivity index (χ1) is 15.1. The highest BCUT2D eigenvalue weighted by molar-refractivity contribution is 5.79. The van der Waals surface area contributed by atoms with Crippen molar-refractivity contribution in [3.05, 3.63) is 65.2 Å². The van der Waals surface area contributed by atoms with Gasteiger partial charge in [-0.1, -0.05) is 50.2 Å². The van der Waals surface area contributed by atoms with E-state index in [1.165, 1.54) is 11.1 Å². The van der Waals surface area contributed by atoms with Gasteiger partial charge in [-0.25, -0.2) is 0 Å². The molecular weight excluding hydrogens is 388 g/mol. The molecule has 1 saturated heterocycles. The first kappa shape index (κ1) is 23.1. The van der Waals surface area contributed by atoms with Gasteiger partial charge in [0, 0.05) is 39.8 Å². The predicted molar refractivity (Wildman–Crippen MR) is 126 cm³/mol. The van der Waals surface area contributed by atoms with Crippen molar-refractivity contribution < 1.29 is 9.47 Å². The number of aliphatic imine (C=N–C) groups is 1. The minimum Gasteiger partial charge on any atom is -0.493 e. The molecule has 0 saturated carbocycles. The molecule has 1 aliphatic heterocycles. The summed E-state index contributed by atoms with van der Waals surface area (Å²) in [6.07, 6.45) is 0. The van der Waals surface area contributed by atoms with Crippen molar-refractivity contribution in [1.82, 2.24) is 15.5 Å². The third kappa shape index (κ3) is 7.89. The van der Waals surface area contributed by atoms with E-state index in [0.717, 1.165) is 63.3 Å². The van der Waals surface area contributed by atoms with Gasteiger partial charge >= 0.3 is 0 Å². The number of hydrogen-bond acceptors (Lipinski definition) is 4. The van der Waals surface area contributed by atoms with Gasteiger partial charge in [-0.2, -0.15) is 0 Å². The number of nitrogens with one attached hydrogen (secondary N) is 2. The molecule has 0 radical (unpaired) electrons. The van der Waals surface area contributed by atoms with Gasteiger partial charge in [0.15, 0.2) is 5.96 Å². The molecule has 1 fully saturated rings. The van der Waals surface area contributed by atoms with Crippen molar-refractivity contribution in [2.24, 2.45) is 10.9 Å². The van der Waals surface area contributed by atoms with Gasteiger partial charge < -0.3 is 20.1 Å². The molecule has 3 rings (SSSR count). The Balaban J connectivity index is 1.51. The molecule has 0 amide bonds. The molecule has 168 valence electrons. The third-order valence-electron chi connectivity index (χ3n) is 5.23. The van der Waals surface area contributed by atoms with Crippen molar-refractivity contribution in [2.75, 3.05) is 40.0 Å². The largest absolute Gasteiger partial charge is 0.493 e. The summed E-state index contributed by atoms with van der Waals surface area (Å²) in [4.78, 5) is 6.83. The lowest BCUT2D eigenvalue weighted by Gasteiger charge is -2.27. The van der Waals surface area contributed by atoms with Crippen LogP contribution in [0.25, 0.3) is 0 Å². The third-order valence-corrected chi connectivity index (χ3v) is 5.23. The Hall–Kier alpha value is -2.57. The Kier molecular flexibility index (Phi) is 9.18. The lowest BCUT2D eigenvalue weighted by Crippen LogP contribution is -2.37. The van der Waals surface area contributed by atoms with Gasteiger partial charge in [-0.05, 0) is 34.7 Å². The summed E-state index contributed by atoms with van der Waals surface area (Å²) < 4.78 is 11.3. The number of morpholine rings is 1. The van der Waals surface area contributed by atoms with Crippen LogP contribution in [-0.4, -0.2) is 50.8 Å². The average Bonchev–Trinajstić information content (AvgIpc) is 2.80. The summed E-state index contributed by atoms with van der Waals surface area (Å²) in [6.45, 7) is 11.0. The highest BCUT2D eigenvalue weighted by atomic mass is 16.5. The van der Waals surface area contributed by atoms with E-state index in [9.17, 15) is 0 Å². The molecule has 31 heavy (non-hydrogen) atoms. The zero-order valence-corrected chi connectivity index (χ0v) is 19.1. The van der Waals surface area contributed by atoms with Crippen LogP contribution in [0.3, 0.4) is 0 Å². The molecule has 1 aliphatic rings. The SMILES string of the molecule is CN=C(NCc1cccc(OCC(C)C)c1)NCc1ccccc1CN1CCOCC1. The van der Waals surface area contributed by atoms with Crippen molar-refractivity contribution in [2.45, 2.75) is 33.5 Å². The minimum absolute atomic E-state index is 0.510. The van der Waals surface area contributed by atoms with Gasteiger partial charge in [0.2, 0.25) is 0 Å². The number of hydrogen-bond donors (Lipinski definition) is 2. The molecule has 2 N–H and O–H groups in total. The molecule has 0 spiro atoms. The number of nitrogens with zero attached hydrogens (tertiary/aromatic N) is 2. The molecule has 0 atom stereocenters. The van der Waals surface area contributed by atoms with E-state index >= 15 is 0 Å². The second kappa shape index (κ2) is 12.3.